The summed E-state index contributed by atoms with van der Waals surface area (Å²) in [6.07, 6.45) is 0. The molecular formula is C21H21N3O4. The lowest BCUT2D eigenvalue weighted by molar-refractivity contribution is -0.124. The van der Waals surface area contributed by atoms with Crippen LogP contribution in [0.5, 0.6) is 0 Å². The topological polar surface area (TPSA) is 101 Å². The smallest absolute Gasteiger partial charge is 0.359 e. The number of amides is 1. The summed E-state index contributed by atoms with van der Waals surface area (Å²) in [6.45, 7) is 5.46. The van der Waals surface area contributed by atoms with E-state index < -0.39 is 24.0 Å². The van der Waals surface area contributed by atoms with E-state index in [1.54, 1.807) is 24.3 Å². The highest BCUT2D eigenvalue weighted by molar-refractivity contribution is 6.02. The largest absolute Gasteiger partial charge is 0.451 e. The van der Waals surface area contributed by atoms with E-state index in [4.69, 9.17) is 4.74 Å². The molecular weight excluding hydrogens is 358 g/mol. The Kier molecular flexibility index (Phi) is 5.54. The number of rotatable bonds is 5. The highest BCUT2D eigenvalue weighted by Gasteiger charge is 2.18. The second kappa shape index (κ2) is 8.04. The number of ether oxygens (including phenoxy) is 1. The van der Waals surface area contributed by atoms with Gasteiger partial charge in [-0.3, -0.25) is 9.59 Å². The van der Waals surface area contributed by atoms with Gasteiger partial charge in [0.15, 0.2) is 12.3 Å². The fraction of sp³-hybridized carbons (Fsp3) is 0.238. The quantitative estimate of drug-likeness (QED) is 0.664. The molecule has 0 aliphatic heterocycles. The molecule has 0 radical (unpaired) electrons. The predicted octanol–water partition coefficient (Wildman–Crippen LogP) is 2.57. The number of hydrogen-bond donors (Lipinski definition) is 2. The molecule has 0 bridgehead atoms. The molecule has 0 saturated heterocycles. The summed E-state index contributed by atoms with van der Waals surface area (Å²) in [5.41, 5.74) is 2.85. The zero-order valence-corrected chi connectivity index (χ0v) is 15.9. The normalized spacial score (nSPS) is 11.8. The van der Waals surface area contributed by atoms with Gasteiger partial charge in [0.1, 0.15) is 0 Å². The Hall–Kier alpha value is -3.48. The van der Waals surface area contributed by atoms with E-state index in [9.17, 15) is 14.4 Å². The Morgan fingerprint density at radius 1 is 1.11 bits per heavy atom. The predicted molar refractivity (Wildman–Crippen MR) is 105 cm³/mol. The molecule has 3 aromatic rings. The number of aromatic nitrogens is 2. The minimum absolute atomic E-state index is 0.0368. The van der Waals surface area contributed by atoms with Gasteiger partial charge in [-0.2, -0.15) is 5.10 Å². The number of esters is 1. The van der Waals surface area contributed by atoms with Gasteiger partial charge in [-0.05, 0) is 43.5 Å². The number of fused-ring (bicyclic) bond motifs is 1. The number of nitrogens with one attached hydrogen (secondary N) is 2. The van der Waals surface area contributed by atoms with Crippen LogP contribution in [0.4, 0.5) is 0 Å². The van der Waals surface area contributed by atoms with E-state index in [0.717, 1.165) is 11.1 Å². The van der Waals surface area contributed by atoms with E-state index in [-0.39, 0.29) is 11.7 Å². The Morgan fingerprint density at radius 2 is 1.82 bits per heavy atom. The van der Waals surface area contributed by atoms with Gasteiger partial charge in [0, 0.05) is 5.39 Å². The number of hydrogen-bond acceptors (Lipinski definition) is 5. The van der Waals surface area contributed by atoms with Crippen molar-refractivity contribution in [1.29, 1.82) is 0 Å². The first-order chi connectivity index (χ1) is 13.4. The third-order valence-corrected chi connectivity index (χ3v) is 4.63. The van der Waals surface area contributed by atoms with Gasteiger partial charge >= 0.3 is 5.97 Å². The Bertz CT molecular complexity index is 1100. The molecule has 28 heavy (non-hydrogen) atoms. The van der Waals surface area contributed by atoms with Crippen molar-refractivity contribution in [3.8, 4) is 0 Å². The first-order valence-corrected chi connectivity index (χ1v) is 8.88. The highest BCUT2D eigenvalue weighted by Crippen LogP contribution is 2.17. The lowest BCUT2D eigenvalue weighted by atomic mass is 10.0. The first-order valence-electron chi connectivity index (χ1n) is 8.88. The number of benzene rings is 2. The van der Waals surface area contributed by atoms with E-state index in [2.05, 4.69) is 15.5 Å². The average molecular weight is 379 g/mol. The van der Waals surface area contributed by atoms with Crippen LogP contribution in [0.1, 0.15) is 40.1 Å². The SMILES string of the molecule is Cc1ccc(C(C)NC(=O)COC(=O)c2n[nH]c(=O)c3ccccc23)cc1C. The molecule has 2 aromatic carbocycles. The maximum atomic E-state index is 12.3. The summed E-state index contributed by atoms with van der Waals surface area (Å²) in [6, 6.07) is 12.3. The van der Waals surface area contributed by atoms with E-state index in [1.165, 1.54) is 5.56 Å². The zero-order chi connectivity index (χ0) is 20.3. The Labute approximate surface area is 161 Å². The molecule has 0 saturated carbocycles. The number of nitrogens with zero attached hydrogens (tertiary/aromatic N) is 1. The monoisotopic (exact) mass is 379 g/mol. The number of H-pyrrole nitrogens is 1. The summed E-state index contributed by atoms with van der Waals surface area (Å²) in [5.74, 6) is -1.20. The summed E-state index contributed by atoms with van der Waals surface area (Å²) < 4.78 is 5.08. The second-order valence-corrected chi connectivity index (χ2v) is 6.66. The lowest BCUT2D eigenvalue weighted by Gasteiger charge is -2.15. The fourth-order valence-electron chi connectivity index (χ4n) is 2.87. The van der Waals surface area contributed by atoms with E-state index in [1.807, 2.05) is 39.0 Å². The van der Waals surface area contributed by atoms with Gasteiger partial charge < -0.3 is 10.1 Å². The van der Waals surface area contributed by atoms with E-state index >= 15 is 0 Å². The van der Waals surface area contributed by atoms with Crippen molar-refractivity contribution in [3.05, 3.63) is 75.2 Å². The molecule has 1 heterocycles. The third kappa shape index (κ3) is 4.09. The molecule has 2 N–H and O–H groups in total. The number of carbonyl (C=O) groups is 2. The summed E-state index contributed by atoms with van der Waals surface area (Å²) in [5, 5.41) is 9.54. The van der Waals surface area contributed by atoms with Crippen molar-refractivity contribution in [3.63, 3.8) is 0 Å². The third-order valence-electron chi connectivity index (χ3n) is 4.63. The molecule has 0 aliphatic carbocycles. The van der Waals surface area contributed by atoms with Gasteiger partial charge in [0.25, 0.3) is 11.5 Å². The van der Waals surface area contributed by atoms with Crippen molar-refractivity contribution in [2.75, 3.05) is 6.61 Å². The molecule has 7 heteroatoms. The van der Waals surface area contributed by atoms with Crippen LogP contribution in [0, 0.1) is 13.8 Å². The fourth-order valence-corrected chi connectivity index (χ4v) is 2.87. The van der Waals surface area contributed by atoms with Gasteiger partial charge in [-0.15, -0.1) is 0 Å². The summed E-state index contributed by atoms with van der Waals surface area (Å²) >= 11 is 0. The minimum Gasteiger partial charge on any atom is -0.451 e. The minimum atomic E-state index is -0.776. The number of aromatic amines is 1. The van der Waals surface area contributed by atoms with Crippen LogP contribution in [-0.4, -0.2) is 28.7 Å². The maximum Gasteiger partial charge on any atom is 0.359 e. The molecule has 3 rings (SSSR count). The molecule has 1 unspecified atom stereocenters. The van der Waals surface area contributed by atoms with Crippen molar-refractivity contribution in [2.45, 2.75) is 26.8 Å². The van der Waals surface area contributed by atoms with Crippen LogP contribution >= 0.6 is 0 Å². The summed E-state index contributed by atoms with van der Waals surface area (Å²) in [7, 11) is 0. The molecule has 144 valence electrons. The van der Waals surface area contributed by atoms with Gasteiger partial charge in [-0.1, -0.05) is 36.4 Å². The van der Waals surface area contributed by atoms with E-state index in [0.29, 0.717) is 10.8 Å². The molecule has 1 aromatic heterocycles. The van der Waals surface area contributed by atoms with Crippen LogP contribution in [0.2, 0.25) is 0 Å². The Morgan fingerprint density at radius 3 is 2.54 bits per heavy atom. The van der Waals surface area contributed by atoms with Crippen LogP contribution in [0.3, 0.4) is 0 Å². The van der Waals surface area contributed by atoms with Gasteiger partial charge in [-0.25, -0.2) is 9.89 Å². The van der Waals surface area contributed by atoms with Gasteiger partial charge in [0.05, 0.1) is 11.4 Å². The van der Waals surface area contributed by atoms with Crippen molar-refractivity contribution in [2.24, 2.45) is 0 Å². The van der Waals surface area contributed by atoms with Crippen molar-refractivity contribution in [1.82, 2.24) is 15.5 Å². The van der Waals surface area contributed by atoms with Crippen LogP contribution in [0.25, 0.3) is 10.8 Å². The molecule has 0 fully saturated rings. The lowest BCUT2D eigenvalue weighted by Crippen LogP contribution is -2.31. The molecule has 7 nitrogen and oxygen atoms in total. The molecule has 0 aliphatic rings. The van der Waals surface area contributed by atoms with Crippen molar-refractivity contribution >= 4 is 22.6 Å². The molecule has 1 amide bonds. The highest BCUT2D eigenvalue weighted by atomic mass is 16.5. The maximum absolute atomic E-state index is 12.3. The average Bonchev–Trinajstić information content (AvgIpc) is 2.68. The van der Waals surface area contributed by atoms with Gasteiger partial charge in [0.2, 0.25) is 0 Å². The second-order valence-electron chi connectivity index (χ2n) is 6.66. The van der Waals surface area contributed by atoms with Crippen molar-refractivity contribution < 1.29 is 14.3 Å². The number of carbonyl (C=O) groups excluding carboxylic acids is 2. The first kappa shape index (κ1) is 19.3. The standard InChI is InChI=1S/C21H21N3O4/c1-12-8-9-15(10-13(12)2)14(3)22-18(25)11-28-21(27)19-16-6-4-5-7-17(16)20(26)24-23-19/h4-10,14H,11H2,1-3H3,(H,22,25)(H,24,26). The van der Waals surface area contributed by atoms with Crippen LogP contribution in [-0.2, 0) is 9.53 Å². The van der Waals surface area contributed by atoms with Crippen LogP contribution in [0.15, 0.2) is 47.3 Å². The number of aryl methyl sites for hydroxylation is 2. The summed E-state index contributed by atoms with van der Waals surface area (Å²) in [4.78, 5) is 36.3. The molecule has 0 spiro atoms. The molecule has 1 atom stereocenters. The zero-order valence-electron chi connectivity index (χ0n) is 15.9. The van der Waals surface area contributed by atoms with Crippen LogP contribution < -0.4 is 10.9 Å². The Balaban J connectivity index is 1.65.